The van der Waals surface area contributed by atoms with Gasteiger partial charge >= 0.3 is 0 Å². The summed E-state index contributed by atoms with van der Waals surface area (Å²) < 4.78 is 27.6. The van der Waals surface area contributed by atoms with Crippen molar-refractivity contribution in [2.75, 3.05) is 13.1 Å². The monoisotopic (exact) mass is 351 g/mol. The molecule has 1 saturated heterocycles. The molecule has 0 amide bonds. The molecule has 0 aromatic carbocycles. The van der Waals surface area contributed by atoms with E-state index in [4.69, 9.17) is 0 Å². The Kier molecular flexibility index (Phi) is 3.30. The van der Waals surface area contributed by atoms with Crippen molar-refractivity contribution < 1.29 is 13.5 Å². The van der Waals surface area contributed by atoms with Crippen LogP contribution in [0.4, 0.5) is 0 Å². The van der Waals surface area contributed by atoms with Gasteiger partial charge in [0.1, 0.15) is 4.21 Å². The predicted molar refractivity (Wildman–Crippen MR) is 73.0 cm³/mol. The SMILES string of the molecule is O=S(=O)(c1ccc(Br)s1)N1CC2CCC(O)C2C1. The first kappa shape index (κ1) is 13.1. The van der Waals surface area contributed by atoms with E-state index in [0.717, 1.165) is 16.6 Å². The van der Waals surface area contributed by atoms with Crippen LogP contribution in [0.2, 0.25) is 0 Å². The number of aliphatic hydroxyl groups excluding tert-OH is 1. The number of fused-ring (bicyclic) bond motifs is 1. The molecule has 1 aliphatic heterocycles. The molecule has 0 spiro atoms. The fourth-order valence-electron chi connectivity index (χ4n) is 2.96. The van der Waals surface area contributed by atoms with Gasteiger partial charge in [-0.2, -0.15) is 4.31 Å². The Morgan fingerprint density at radius 1 is 1.33 bits per heavy atom. The number of halogens is 1. The van der Waals surface area contributed by atoms with E-state index in [1.165, 1.54) is 15.6 Å². The van der Waals surface area contributed by atoms with Crippen molar-refractivity contribution in [3.8, 4) is 0 Å². The van der Waals surface area contributed by atoms with Gasteiger partial charge in [-0.3, -0.25) is 0 Å². The van der Waals surface area contributed by atoms with Crippen LogP contribution in [-0.2, 0) is 10.0 Å². The van der Waals surface area contributed by atoms with E-state index < -0.39 is 10.0 Å². The second-order valence-electron chi connectivity index (χ2n) is 4.95. The lowest BCUT2D eigenvalue weighted by Gasteiger charge is -2.17. The van der Waals surface area contributed by atoms with E-state index in [1.807, 2.05) is 0 Å². The topological polar surface area (TPSA) is 57.6 Å². The van der Waals surface area contributed by atoms with E-state index in [-0.39, 0.29) is 12.0 Å². The molecule has 1 N–H and O–H groups in total. The summed E-state index contributed by atoms with van der Waals surface area (Å²) in [6.45, 7) is 1.02. The molecule has 3 unspecified atom stereocenters. The van der Waals surface area contributed by atoms with Gasteiger partial charge in [0.2, 0.25) is 0 Å². The summed E-state index contributed by atoms with van der Waals surface area (Å²) in [6, 6.07) is 3.39. The molecule has 18 heavy (non-hydrogen) atoms. The summed E-state index contributed by atoms with van der Waals surface area (Å²) in [5, 5.41) is 9.83. The highest BCUT2D eigenvalue weighted by molar-refractivity contribution is 9.11. The van der Waals surface area contributed by atoms with Crippen molar-refractivity contribution in [2.45, 2.75) is 23.2 Å². The maximum Gasteiger partial charge on any atom is 0.252 e. The lowest BCUT2D eigenvalue weighted by Crippen LogP contribution is -2.30. The summed E-state index contributed by atoms with van der Waals surface area (Å²) in [6.07, 6.45) is 1.42. The third-order valence-electron chi connectivity index (χ3n) is 3.93. The Hall–Kier alpha value is 0.0500. The largest absolute Gasteiger partial charge is 0.393 e. The van der Waals surface area contributed by atoms with Gasteiger partial charge in [-0.25, -0.2) is 8.42 Å². The number of sulfonamides is 1. The van der Waals surface area contributed by atoms with Crippen molar-refractivity contribution >= 4 is 37.3 Å². The summed E-state index contributed by atoms with van der Waals surface area (Å²) in [5.74, 6) is 0.460. The maximum absolute atomic E-state index is 12.4. The van der Waals surface area contributed by atoms with Crippen molar-refractivity contribution in [2.24, 2.45) is 11.8 Å². The van der Waals surface area contributed by atoms with Crippen LogP contribution in [0.1, 0.15) is 12.8 Å². The highest BCUT2D eigenvalue weighted by Gasteiger charge is 2.45. The maximum atomic E-state index is 12.4. The van der Waals surface area contributed by atoms with E-state index in [0.29, 0.717) is 23.2 Å². The van der Waals surface area contributed by atoms with Gasteiger partial charge in [0, 0.05) is 19.0 Å². The molecule has 2 aliphatic rings. The molecule has 3 atom stereocenters. The van der Waals surface area contributed by atoms with Crippen LogP contribution in [0, 0.1) is 11.8 Å². The highest BCUT2D eigenvalue weighted by Crippen LogP contribution is 2.41. The third kappa shape index (κ3) is 2.06. The van der Waals surface area contributed by atoms with Gasteiger partial charge in [-0.05, 0) is 46.8 Å². The van der Waals surface area contributed by atoms with Gasteiger partial charge < -0.3 is 5.11 Å². The van der Waals surface area contributed by atoms with Gasteiger partial charge in [0.15, 0.2) is 0 Å². The van der Waals surface area contributed by atoms with Crippen molar-refractivity contribution in [1.82, 2.24) is 4.31 Å². The Morgan fingerprint density at radius 3 is 2.72 bits per heavy atom. The standard InChI is InChI=1S/C11H14BrNO3S2/c12-10-3-4-11(17-10)18(15,16)13-5-7-1-2-9(14)8(7)6-13/h3-4,7-9,14H,1-2,5-6H2. The molecule has 2 heterocycles. The number of aliphatic hydroxyl groups is 1. The van der Waals surface area contributed by atoms with Crippen molar-refractivity contribution in [3.05, 3.63) is 15.9 Å². The van der Waals surface area contributed by atoms with Gasteiger partial charge in [0.25, 0.3) is 10.0 Å². The Bertz CT molecular complexity index is 556. The zero-order valence-electron chi connectivity index (χ0n) is 9.62. The van der Waals surface area contributed by atoms with E-state index in [9.17, 15) is 13.5 Å². The Morgan fingerprint density at radius 2 is 2.11 bits per heavy atom. The normalized spacial score (nSPS) is 32.9. The average Bonchev–Trinajstić information content (AvgIpc) is 2.96. The lowest BCUT2D eigenvalue weighted by molar-refractivity contribution is 0.129. The van der Waals surface area contributed by atoms with Crippen LogP contribution in [0.15, 0.2) is 20.1 Å². The van der Waals surface area contributed by atoms with Crippen LogP contribution in [0.25, 0.3) is 0 Å². The van der Waals surface area contributed by atoms with Crippen LogP contribution in [0.5, 0.6) is 0 Å². The van der Waals surface area contributed by atoms with Crippen LogP contribution >= 0.6 is 27.3 Å². The molecule has 1 aromatic rings. The fraction of sp³-hybridized carbons (Fsp3) is 0.636. The second kappa shape index (κ2) is 4.56. The Labute approximate surface area is 119 Å². The Balaban J connectivity index is 1.84. The molecule has 1 aromatic heterocycles. The summed E-state index contributed by atoms with van der Waals surface area (Å²) >= 11 is 4.52. The van der Waals surface area contributed by atoms with Crippen LogP contribution in [-0.4, -0.2) is 37.0 Å². The van der Waals surface area contributed by atoms with E-state index in [2.05, 4.69) is 15.9 Å². The first-order valence-corrected chi connectivity index (χ1v) is 8.97. The molecule has 7 heteroatoms. The number of nitrogens with zero attached hydrogens (tertiary/aromatic N) is 1. The predicted octanol–water partition coefficient (Wildman–Crippen LogP) is 1.90. The molecule has 4 nitrogen and oxygen atoms in total. The molecule has 0 bridgehead atoms. The highest BCUT2D eigenvalue weighted by atomic mass is 79.9. The van der Waals surface area contributed by atoms with Gasteiger partial charge in [-0.15, -0.1) is 11.3 Å². The van der Waals surface area contributed by atoms with Crippen LogP contribution < -0.4 is 0 Å². The lowest BCUT2D eigenvalue weighted by atomic mass is 10.00. The number of thiophene rings is 1. The molecule has 1 saturated carbocycles. The molecular formula is C11H14BrNO3S2. The minimum Gasteiger partial charge on any atom is -0.393 e. The number of hydrogen-bond donors (Lipinski definition) is 1. The van der Waals surface area contributed by atoms with E-state index in [1.54, 1.807) is 12.1 Å². The fourth-order valence-corrected chi connectivity index (χ4v) is 6.65. The van der Waals surface area contributed by atoms with Crippen molar-refractivity contribution in [1.29, 1.82) is 0 Å². The molecular weight excluding hydrogens is 338 g/mol. The molecule has 100 valence electrons. The quantitative estimate of drug-likeness (QED) is 0.885. The first-order chi connectivity index (χ1) is 8.48. The third-order valence-corrected chi connectivity index (χ3v) is 7.85. The summed E-state index contributed by atoms with van der Waals surface area (Å²) in [5.41, 5.74) is 0. The molecule has 1 aliphatic carbocycles. The average molecular weight is 352 g/mol. The zero-order chi connectivity index (χ0) is 12.9. The second-order valence-corrected chi connectivity index (χ2v) is 9.58. The zero-order valence-corrected chi connectivity index (χ0v) is 12.8. The van der Waals surface area contributed by atoms with E-state index >= 15 is 0 Å². The number of rotatable bonds is 2. The minimum atomic E-state index is -3.37. The van der Waals surface area contributed by atoms with Gasteiger partial charge in [-0.1, -0.05) is 0 Å². The smallest absolute Gasteiger partial charge is 0.252 e. The summed E-state index contributed by atoms with van der Waals surface area (Å²) in [7, 11) is -3.37. The first-order valence-electron chi connectivity index (χ1n) is 5.92. The molecule has 3 rings (SSSR count). The molecule has 2 fully saturated rings. The van der Waals surface area contributed by atoms with Gasteiger partial charge in [0.05, 0.1) is 9.89 Å². The van der Waals surface area contributed by atoms with Crippen LogP contribution in [0.3, 0.4) is 0 Å². The molecule has 0 radical (unpaired) electrons. The summed E-state index contributed by atoms with van der Waals surface area (Å²) in [4.78, 5) is 0. The number of hydrogen-bond acceptors (Lipinski definition) is 4. The van der Waals surface area contributed by atoms with Crippen molar-refractivity contribution in [3.63, 3.8) is 0 Å². The minimum absolute atomic E-state index is 0.128.